The highest BCUT2D eigenvalue weighted by Crippen LogP contribution is 2.34. The normalized spacial score (nSPS) is 25.4. The number of nitrogens with zero attached hydrogens (tertiary/aromatic N) is 2. The molecule has 0 spiro atoms. The Bertz CT molecular complexity index is 1270. The summed E-state index contributed by atoms with van der Waals surface area (Å²) in [7, 11) is 0. The molecule has 1 fully saturated rings. The second-order valence-corrected chi connectivity index (χ2v) is 8.27. The summed E-state index contributed by atoms with van der Waals surface area (Å²) in [5, 5.41) is 49.8. The van der Waals surface area contributed by atoms with Crippen LogP contribution in [0.1, 0.15) is 17.6 Å². The van der Waals surface area contributed by atoms with E-state index >= 15 is 0 Å². The zero-order valence-electron chi connectivity index (χ0n) is 17.9. The molecule has 2 heterocycles. The van der Waals surface area contributed by atoms with Crippen LogP contribution in [0.4, 0.5) is 0 Å². The van der Waals surface area contributed by atoms with Gasteiger partial charge < -0.3 is 29.6 Å². The summed E-state index contributed by atoms with van der Waals surface area (Å²) < 4.78 is 11.2. The minimum Gasteiger partial charge on any atom is -0.421 e. The maximum atomic E-state index is 10.4. The summed E-state index contributed by atoms with van der Waals surface area (Å²) in [5.74, 6) is 1.01. The molecule has 0 bridgehead atoms. The lowest BCUT2D eigenvalue weighted by atomic mass is 9.90. The van der Waals surface area contributed by atoms with Crippen molar-refractivity contribution in [1.82, 2.24) is 10.2 Å². The Hall–Kier alpha value is -3.14. The zero-order chi connectivity index (χ0) is 23.1. The highest BCUT2D eigenvalue weighted by atomic mass is 16.5. The Labute approximate surface area is 189 Å². The van der Waals surface area contributed by atoms with Crippen molar-refractivity contribution in [2.45, 2.75) is 37.4 Å². The molecule has 1 aromatic heterocycles. The molecule has 0 amide bonds. The maximum absolute atomic E-state index is 10.4. The minimum absolute atomic E-state index is 0.454. The van der Waals surface area contributed by atoms with Crippen molar-refractivity contribution in [2.75, 3.05) is 6.61 Å². The van der Waals surface area contributed by atoms with Crippen LogP contribution >= 0.6 is 0 Å². The van der Waals surface area contributed by atoms with Crippen molar-refractivity contribution in [3.05, 3.63) is 72.1 Å². The molecule has 4 N–H and O–H groups in total. The molecule has 8 nitrogen and oxygen atoms in total. The highest BCUT2D eigenvalue weighted by Gasteiger charge is 2.43. The Morgan fingerprint density at radius 2 is 1.39 bits per heavy atom. The standard InChI is InChI=1S/C25H24N2O6/c1-13-26-27-25(32-13)19-9-8-17-10-16(6-7-18(17)11-19)14-2-4-15(5-3-14)24-23(31)22(30)21(29)20(12-28)33-24/h2-11,20-24,28-31H,12H2,1H3. The van der Waals surface area contributed by atoms with Crippen molar-refractivity contribution in [3.8, 4) is 22.6 Å². The summed E-state index contributed by atoms with van der Waals surface area (Å²) >= 11 is 0. The maximum Gasteiger partial charge on any atom is 0.247 e. The van der Waals surface area contributed by atoms with Crippen LogP contribution in [0.15, 0.2) is 65.1 Å². The number of hydrogen-bond donors (Lipinski definition) is 4. The van der Waals surface area contributed by atoms with E-state index < -0.39 is 37.1 Å². The fraction of sp³-hybridized carbons (Fsp3) is 0.280. The Kier molecular flexibility index (Phi) is 5.69. The number of aliphatic hydroxyl groups is 4. The van der Waals surface area contributed by atoms with E-state index in [1.54, 1.807) is 6.92 Å². The van der Waals surface area contributed by atoms with E-state index in [4.69, 9.17) is 9.15 Å². The number of aromatic nitrogens is 2. The quantitative estimate of drug-likeness (QED) is 0.375. The van der Waals surface area contributed by atoms with Gasteiger partial charge in [-0.05, 0) is 45.7 Å². The minimum atomic E-state index is -1.40. The lowest BCUT2D eigenvalue weighted by Gasteiger charge is -2.40. The molecular formula is C25H24N2O6. The predicted molar refractivity (Wildman–Crippen MR) is 120 cm³/mol. The molecule has 5 atom stereocenters. The summed E-state index contributed by atoms with van der Waals surface area (Å²) in [5.41, 5.74) is 3.50. The summed E-state index contributed by atoms with van der Waals surface area (Å²) in [6.45, 7) is 1.30. The first-order chi connectivity index (χ1) is 15.9. The number of ether oxygens (including phenoxy) is 1. The fourth-order valence-electron chi connectivity index (χ4n) is 4.21. The van der Waals surface area contributed by atoms with Crippen molar-refractivity contribution >= 4 is 10.8 Å². The van der Waals surface area contributed by atoms with Crippen LogP contribution in [0.3, 0.4) is 0 Å². The Balaban J connectivity index is 1.40. The Morgan fingerprint density at radius 1 is 0.758 bits per heavy atom. The van der Waals surface area contributed by atoms with Crippen LogP contribution in [-0.2, 0) is 4.74 Å². The van der Waals surface area contributed by atoms with Gasteiger partial charge in [0.2, 0.25) is 11.8 Å². The second-order valence-electron chi connectivity index (χ2n) is 8.27. The summed E-state index contributed by atoms with van der Waals surface area (Å²) in [6.07, 6.45) is -5.86. The fourth-order valence-corrected chi connectivity index (χ4v) is 4.21. The number of fused-ring (bicyclic) bond motifs is 1. The van der Waals surface area contributed by atoms with Crippen molar-refractivity contribution in [1.29, 1.82) is 0 Å². The van der Waals surface area contributed by atoms with Crippen LogP contribution in [0.2, 0.25) is 0 Å². The third kappa shape index (κ3) is 4.03. The number of hydrogen-bond acceptors (Lipinski definition) is 8. The molecule has 5 unspecified atom stereocenters. The van der Waals surface area contributed by atoms with Gasteiger partial charge in [-0.2, -0.15) is 0 Å². The first-order valence-electron chi connectivity index (χ1n) is 10.7. The van der Waals surface area contributed by atoms with Gasteiger partial charge >= 0.3 is 0 Å². The molecule has 3 aromatic carbocycles. The molecule has 170 valence electrons. The molecule has 1 aliphatic heterocycles. The summed E-state index contributed by atoms with van der Waals surface area (Å²) in [4.78, 5) is 0. The van der Waals surface area contributed by atoms with Crippen LogP contribution in [0.25, 0.3) is 33.4 Å². The average Bonchev–Trinajstić information content (AvgIpc) is 3.28. The lowest BCUT2D eigenvalue weighted by Crippen LogP contribution is -2.55. The Morgan fingerprint density at radius 3 is 2.03 bits per heavy atom. The van der Waals surface area contributed by atoms with Crippen molar-refractivity contribution in [3.63, 3.8) is 0 Å². The topological polar surface area (TPSA) is 129 Å². The van der Waals surface area contributed by atoms with Crippen LogP contribution in [0.5, 0.6) is 0 Å². The monoisotopic (exact) mass is 448 g/mol. The first kappa shape index (κ1) is 21.7. The SMILES string of the molecule is Cc1nnc(-c2ccc3cc(-c4ccc(C5OC(CO)C(O)C(O)C5O)cc4)ccc3c2)o1. The molecule has 5 rings (SSSR count). The van der Waals surface area contributed by atoms with Crippen LogP contribution < -0.4 is 0 Å². The zero-order valence-corrected chi connectivity index (χ0v) is 17.9. The number of benzene rings is 3. The molecule has 0 radical (unpaired) electrons. The van der Waals surface area contributed by atoms with E-state index in [1.165, 1.54) is 0 Å². The van der Waals surface area contributed by atoms with Crippen LogP contribution in [-0.4, -0.2) is 61.6 Å². The summed E-state index contributed by atoms with van der Waals surface area (Å²) in [6, 6.07) is 19.5. The number of rotatable bonds is 4. The second kappa shape index (κ2) is 8.66. The number of aryl methyl sites for hydroxylation is 1. The van der Waals surface area contributed by atoms with Gasteiger partial charge in [-0.25, -0.2) is 0 Å². The molecule has 1 aliphatic rings. The van der Waals surface area contributed by atoms with Gasteiger partial charge in [0, 0.05) is 12.5 Å². The number of aliphatic hydroxyl groups excluding tert-OH is 4. The molecule has 0 aliphatic carbocycles. The van der Waals surface area contributed by atoms with Gasteiger partial charge in [0.1, 0.15) is 30.5 Å². The first-order valence-corrected chi connectivity index (χ1v) is 10.7. The van der Waals surface area contributed by atoms with Crippen molar-refractivity contribution in [2.24, 2.45) is 0 Å². The molecule has 33 heavy (non-hydrogen) atoms. The smallest absolute Gasteiger partial charge is 0.247 e. The molecule has 0 saturated carbocycles. The largest absolute Gasteiger partial charge is 0.421 e. The van der Waals surface area contributed by atoms with Gasteiger partial charge in [0.25, 0.3) is 0 Å². The molecule has 1 saturated heterocycles. The van der Waals surface area contributed by atoms with Gasteiger partial charge in [0.15, 0.2) is 0 Å². The third-order valence-corrected chi connectivity index (χ3v) is 6.08. The highest BCUT2D eigenvalue weighted by molar-refractivity contribution is 5.90. The van der Waals surface area contributed by atoms with Gasteiger partial charge in [-0.1, -0.05) is 42.5 Å². The van der Waals surface area contributed by atoms with Crippen molar-refractivity contribution < 1.29 is 29.6 Å². The van der Waals surface area contributed by atoms with Gasteiger partial charge in [0.05, 0.1) is 6.61 Å². The molecule has 4 aromatic rings. The average molecular weight is 448 g/mol. The lowest BCUT2D eigenvalue weighted by molar-refractivity contribution is -0.231. The van der Waals surface area contributed by atoms with E-state index in [1.807, 2.05) is 54.6 Å². The predicted octanol–water partition coefficient (Wildman–Crippen LogP) is 2.38. The third-order valence-electron chi connectivity index (χ3n) is 6.08. The van der Waals surface area contributed by atoms with E-state index in [0.29, 0.717) is 17.3 Å². The van der Waals surface area contributed by atoms with E-state index in [9.17, 15) is 20.4 Å². The van der Waals surface area contributed by atoms with E-state index in [-0.39, 0.29) is 0 Å². The van der Waals surface area contributed by atoms with E-state index in [0.717, 1.165) is 27.5 Å². The molecule has 8 heteroatoms. The van der Waals surface area contributed by atoms with E-state index in [2.05, 4.69) is 16.3 Å². The van der Waals surface area contributed by atoms with Gasteiger partial charge in [-0.3, -0.25) is 0 Å². The molecular weight excluding hydrogens is 424 g/mol. The van der Waals surface area contributed by atoms with Crippen LogP contribution in [0, 0.1) is 6.92 Å². The van der Waals surface area contributed by atoms with Gasteiger partial charge in [-0.15, -0.1) is 10.2 Å².